The van der Waals surface area contributed by atoms with Crippen LogP contribution < -0.4 is 10.9 Å². The van der Waals surface area contributed by atoms with Crippen molar-refractivity contribution in [3.05, 3.63) is 88.2 Å². The Morgan fingerprint density at radius 3 is 2.34 bits per heavy atom. The summed E-state index contributed by atoms with van der Waals surface area (Å²) in [5.41, 5.74) is 8.20. The Balaban J connectivity index is 1.35. The van der Waals surface area contributed by atoms with Crippen LogP contribution in [0.15, 0.2) is 54.6 Å². The van der Waals surface area contributed by atoms with Crippen molar-refractivity contribution < 1.29 is 19.1 Å². The number of tetrazole rings is 1. The normalized spacial score (nSPS) is 10.6. The van der Waals surface area contributed by atoms with Crippen molar-refractivity contribution in [2.75, 3.05) is 7.11 Å². The maximum Gasteiger partial charge on any atom is 0.339 e. The van der Waals surface area contributed by atoms with Crippen molar-refractivity contribution in [2.24, 2.45) is 0 Å². The zero-order chi connectivity index (χ0) is 24.9. The number of hydrogen-bond donors (Lipinski definition) is 3. The molecule has 0 aliphatic carbocycles. The first-order valence-corrected chi connectivity index (χ1v) is 10.7. The molecule has 0 saturated carbocycles. The maximum absolute atomic E-state index is 12.5. The second kappa shape index (κ2) is 10.00. The van der Waals surface area contributed by atoms with Gasteiger partial charge in [0.05, 0.1) is 19.2 Å². The number of aromatic amines is 1. The maximum atomic E-state index is 12.5. The first-order chi connectivity index (χ1) is 16.9. The standard InChI is InChI=1S/C24H23N7O4/c1-14-19(24(34)35-3)15(2)25-20(14)23(33)28-27-22(32)18-11-9-16(10-12-18)13-31-29-21(26-30-31)17-7-5-4-6-8-17/h4-12,25H,13H2,1-3H3,(H,27,32)(H,28,33). The van der Waals surface area contributed by atoms with Crippen LogP contribution in [0.5, 0.6) is 0 Å². The van der Waals surface area contributed by atoms with Crippen molar-refractivity contribution in [1.82, 2.24) is 36.0 Å². The number of aromatic nitrogens is 5. The van der Waals surface area contributed by atoms with Gasteiger partial charge < -0.3 is 9.72 Å². The second-order valence-corrected chi connectivity index (χ2v) is 7.73. The summed E-state index contributed by atoms with van der Waals surface area (Å²) in [6, 6.07) is 16.3. The van der Waals surface area contributed by atoms with Gasteiger partial charge in [0.15, 0.2) is 0 Å². The van der Waals surface area contributed by atoms with Crippen LogP contribution >= 0.6 is 0 Å². The Labute approximate surface area is 200 Å². The summed E-state index contributed by atoms with van der Waals surface area (Å²) in [6.45, 7) is 3.66. The number of hydrazine groups is 1. The van der Waals surface area contributed by atoms with Crippen molar-refractivity contribution >= 4 is 17.8 Å². The number of amides is 2. The Morgan fingerprint density at radius 1 is 0.971 bits per heavy atom. The number of methoxy groups -OCH3 is 1. The molecule has 178 valence electrons. The molecular weight excluding hydrogens is 450 g/mol. The summed E-state index contributed by atoms with van der Waals surface area (Å²) in [5.74, 6) is -1.10. The number of hydrogen-bond acceptors (Lipinski definition) is 7. The summed E-state index contributed by atoms with van der Waals surface area (Å²) < 4.78 is 4.74. The largest absolute Gasteiger partial charge is 0.465 e. The molecule has 0 bridgehead atoms. The number of carbonyl (C=O) groups is 3. The highest BCUT2D eigenvalue weighted by Gasteiger charge is 2.22. The first kappa shape index (κ1) is 23.4. The minimum atomic E-state index is -0.586. The minimum Gasteiger partial charge on any atom is -0.465 e. The number of carbonyl (C=O) groups excluding carboxylic acids is 3. The quantitative estimate of drug-likeness (QED) is 0.288. The van der Waals surface area contributed by atoms with E-state index in [-0.39, 0.29) is 11.3 Å². The number of ether oxygens (including phenoxy) is 1. The van der Waals surface area contributed by atoms with E-state index in [0.29, 0.717) is 29.2 Å². The first-order valence-electron chi connectivity index (χ1n) is 10.7. The summed E-state index contributed by atoms with van der Waals surface area (Å²) in [5, 5.41) is 12.5. The highest BCUT2D eigenvalue weighted by Crippen LogP contribution is 2.18. The molecule has 0 unspecified atom stereocenters. The number of rotatable bonds is 6. The van der Waals surface area contributed by atoms with E-state index in [4.69, 9.17) is 4.74 Å². The number of benzene rings is 2. The van der Waals surface area contributed by atoms with Crippen molar-refractivity contribution in [1.29, 1.82) is 0 Å². The van der Waals surface area contributed by atoms with E-state index in [1.54, 1.807) is 38.1 Å². The van der Waals surface area contributed by atoms with Crippen LogP contribution in [0.2, 0.25) is 0 Å². The highest BCUT2D eigenvalue weighted by molar-refractivity contribution is 6.02. The number of esters is 1. The summed E-state index contributed by atoms with van der Waals surface area (Å²) in [6.07, 6.45) is 0. The van der Waals surface area contributed by atoms with Gasteiger partial charge in [0.25, 0.3) is 11.8 Å². The molecule has 0 fully saturated rings. The monoisotopic (exact) mass is 473 g/mol. The summed E-state index contributed by atoms with van der Waals surface area (Å²) in [7, 11) is 1.27. The molecule has 2 aromatic carbocycles. The van der Waals surface area contributed by atoms with Gasteiger partial charge in [0, 0.05) is 16.8 Å². The smallest absolute Gasteiger partial charge is 0.339 e. The molecule has 0 aliphatic heterocycles. The lowest BCUT2D eigenvalue weighted by atomic mass is 10.1. The third-order valence-electron chi connectivity index (χ3n) is 5.37. The van der Waals surface area contributed by atoms with E-state index in [9.17, 15) is 14.4 Å². The summed E-state index contributed by atoms with van der Waals surface area (Å²) in [4.78, 5) is 41.2. The topological polar surface area (TPSA) is 144 Å². The molecule has 2 aromatic heterocycles. The number of aryl methyl sites for hydroxylation is 1. The average Bonchev–Trinajstić information content (AvgIpc) is 3.46. The van der Waals surface area contributed by atoms with Gasteiger partial charge in [-0.05, 0) is 42.3 Å². The zero-order valence-electron chi connectivity index (χ0n) is 19.3. The molecule has 35 heavy (non-hydrogen) atoms. The molecule has 0 atom stereocenters. The Kier molecular flexibility index (Phi) is 6.67. The molecule has 0 spiro atoms. The third kappa shape index (κ3) is 5.08. The lowest BCUT2D eigenvalue weighted by molar-refractivity contribution is 0.0599. The lowest BCUT2D eigenvalue weighted by Gasteiger charge is -2.08. The van der Waals surface area contributed by atoms with Gasteiger partial charge in [-0.1, -0.05) is 42.5 Å². The molecule has 4 aromatic rings. The molecule has 4 rings (SSSR count). The number of H-pyrrole nitrogens is 1. The molecule has 0 saturated heterocycles. The zero-order valence-corrected chi connectivity index (χ0v) is 19.3. The number of nitrogens with zero attached hydrogens (tertiary/aromatic N) is 4. The Bertz CT molecular complexity index is 1370. The van der Waals surface area contributed by atoms with Crippen LogP contribution in [-0.2, 0) is 11.3 Å². The SMILES string of the molecule is COC(=O)c1c(C)[nH]c(C(=O)NNC(=O)c2ccc(Cn3nnc(-c4ccccc4)n3)cc2)c1C. The molecule has 0 aliphatic rings. The van der Waals surface area contributed by atoms with E-state index < -0.39 is 17.8 Å². The molecule has 0 radical (unpaired) electrons. The molecular formula is C24H23N7O4. The van der Waals surface area contributed by atoms with Crippen LogP contribution in [0.25, 0.3) is 11.4 Å². The van der Waals surface area contributed by atoms with Gasteiger partial charge in [-0.25, -0.2) is 4.79 Å². The van der Waals surface area contributed by atoms with Crippen LogP contribution in [0, 0.1) is 13.8 Å². The fraction of sp³-hybridized carbons (Fsp3) is 0.167. The van der Waals surface area contributed by atoms with Gasteiger partial charge in [-0.15, -0.1) is 10.2 Å². The molecule has 3 N–H and O–H groups in total. The lowest BCUT2D eigenvalue weighted by Crippen LogP contribution is -2.42. The van der Waals surface area contributed by atoms with Gasteiger partial charge in [0.2, 0.25) is 5.82 Å². The van der Waals surface area contributed by atoms with E-state index >= 15 is 0 Å². The van der Waals surface area contributed by atoms with E-state index in [1.165, 1.54) is 11.9 Å². The van der Waals surface area contributed by atoms with Crippen molar-refractivity contribution in [3.63, 3.8) is 0 Å². The van der Waals surface area contributed by atoms with Crippen LogP contribution in [0.1, 0.15) is 48.0 Å². The molecule has 11 nitrogen and oxygen atoms in total. The Morgan fingerprint density at radius 2 is 1.66 bits per heavy atom. The van der Waals surface area contributed by atoms with E-state index in [0.717, 1.165) is 11.1 Å². The summed E-state index contributed by atoms with van der Waals surface area (Å²) >= 11 is 0. The van der Waals surface area contributed by atoms with Gasteiger partial charge in [-0.2, -0.15) is 4.80 Å². The van der Waals surface area contributed by atoms with E-state index in [1.807, 2.05) is 30.3 Å². The van der Waals surface area contributed by atoms with Crippen molar-refractivity contribution in [3.8, 4) is 11.4 Å². The van der Waals surface area contributed by atoms with Gasteiger partial charge in [0.1, 0.15) is 5.69 Å². The minimum absolute atomic E-state index is 0.161. The predicted molar refractivity (Wildman–Crippen MR) is 125 cm³/mol. The predicted octanol–water partition coefficient (Wildman–Crippen LogP) is 2.19. The van der Waals surface area contributed by atoms with Gasteiger partial charge >= 0.3 is 5.97 Å². The average molecular weight is 473 g/mol. The molecule has 11 heteroatoms. The fourth-order valence-electron chi connectivity index (χ4n) is 3.57. The fourth-order valence-corrected chi connectivity index (χ4v) is 3.57. The van der Waals surface area contributed by atoms with Crippen LogP contribution in [0.3, 0.4) is 0 Å². The van der Waals surface area contributed by atoms with Crippen molar-refractivity contribution in [2.45, 2.75) is 20.4 Å². The van der Waals surface area contributed by atoms with E-state index in [2.05, 4.69) is 31.2 Å². The second-order valence-electron chi connectivity index (χ2n) is 7.73. The molecule has 2 amide bonds. The highest BCUT2D eigenvalue weighted by atomic mass is 16.5. The molecule has 2 heterocycles. The number of nitrogens with one attached hydrogen (secondary N) is 3. The van der Waals surface area contributed by atoms with Gasteiger partial charge in [-0.3, -0.25) is 20.4 Å². The van der Waals surface area contributed by atoms with Crippen LogP contribution in [0.4, 0.5) is 0 Å². The Hall–Kier alpha value is -4.80. The van der Waals surface area contributed by atoms with Crippen LogP contribution in [-0.4, -0.2) is 50.1 Å². The third-order valence-corrected chi connectivity index (χ3v) is 5.37.